The van der Waals surface area contributed by atoms with Crippen LogP contribution in [0.2, 0.25) is 0 Å². The zero-order valence-corrected chi connectivity index (χ0v) is 11.6. The Bertz CT molecular complexity index is 373. The lowest BCUT2D eigenvalue weighted by atomic mass is 10.0. The minimum absolute atomic E-state index is 0.596. The monoisotopic (exact) mass is 249 g/mol. The van der Waals surface area contributed by atoms with Gasteiger partial charge in [0.15, 0.2) is 0 Å². The summed E-state index contributed by atoms with van der Waals surface area (Å²) < 4.78 is 0. The number of hydrogen-bond donors (Lipinski definition) is 1. The molecule has 5 heteroatoms. The first kappa shape index (κ1) is 13.2. The maximum atomic E-state index is 4.60. The van der Waals surface area contributed by atoms with Crippen molar-refractivity contribution < 1.29 is 0 Å². The second-order valence-electron chi connectivity index (χ2n) is 5.01. The van der Waals surface area contributed by atoms with Crippen LogP contribution in [0.4, 0.5) is 5.82 Å². The molecule has 1 aliphatic rings. The summed E-state index contributed by atoms with van der Waals surface area (Å²) >= 11 is 0. The smallest absolute Gasteiger partial charge is 0.144 e. The van der Waals surface area contributed by atoms with Gasteiger partial charge in [0.1, 0.15) is 11.6 Å². The van der Waals surface area contributed by atoms with Gasteiger partial charge in [-0.2, -0.15) is 0 Å². The average Bonchev–Trinajstić information content (AvgIpc) is 2.39. The maximum absolute atomic E-state index is 4.60. The van der Waals surface area contributed by atoms with Crippen LogP contribution in [0, 0.1) is 0 Å². The quantitative estimate of drug-likeness (QED) is 0.852. The van der Waals surface area contributed by atoms with E-state index in [1.54, 1.807) is 0 Å². The zero-order valence-electron chi connectivity index (χ0n) is 11.6. The van der Waals surface area contributed by atoms with Crippen molar-refractivity contribution in [2.75, 3.05) is 39.1 Å². The summed E-state index contributed by atoms with van der Waals surface area (Å²) in [4.78, 5) is 13.5. The third-order valence-corrected chi connectivity index (χ3v) is 3.62. The van der Waals surface area contributed by atoms with Gasteiger partial charge in [0.2, 0.25) is 0 Å². The standard InChI is InChI=1S/C13H23N5/c1-14-10-12-15-7-4-13(16-12)18(3)11-5-8-17(2)9-6-11/h4,7,11,14H,5-6,8-10H2,1-3H3. The summed E-state index contributed by atoms with van der Waals surface area (Å²) in [7, 11) is 6.24. The minimum atomic E-state index is 0.596. The van der Waals surface area contributed by atoms with Crippen molar-refractivity contribution in [3.8, 4) is 0 Å². The molecule has 0 aliphatic carbocycles. The molecule has 0 aromatic carbocycles. The van der Waals surface area contributed by atoms with Gasteiger partial charge in [-0.3, -0.25) is 0 Å². The van der Waals surface area contributed by atoms with Crippen LogP contribution in [-0.4, -0.2) is 55.1 Å². The molecule has 0 atom stereocenters. The minimum Gasteiger partial charge on any atom is -0.356 e. The lowest BCUT2D eigenvalue weighted by Gasteiger charge is -2.35. The van der Waals surface area contributed by atoms with Crippen LogP contribution >= 0.6 is 0 Å². The summed E-state index contributed by atoms with van der Waals surface area (Å²) in [5.41, 5.74) is 0. The van der Waals surface area contributed by atoms with Crippen LogP contribution < -0.4 is 10.2 Å². The highest BCUT2D eigenvalue weighted by Crippen LogP contribution is 2.19. The normalized spacial score (nSPS) is 17.9. The van der Waals surface area contributed by atoms with Gasteiger partial charge in [-0.25, -0.2) is 9.97 Å². The SMILES string of the molecule is CNCc1nccc(N(C)C2CCN(C)CC2)n1. The van der Waals surface area contributed by atoms with E-state index in [9.17, 15) is 0 Å². The van der Waals surface area contributed by atoms with Crippen LogP contribution in [-0.2, 0) is 6.54 Å². The van der Waals surface area contributed by atoms with Crippen LogP contribution in [0.5, 0.6) is 0 Å². The first-order chi connectivity index (χ1) is 8.70. The fourth-order valence-electron chi connectivity index (χ4n) is 2.40. The summed E-state index contributed by atoms with van der Waals surface area (Å²) in [5.74, 6) is 1.89. The second-order valence-corrected chi connectivity index (χ2v) is 5.01. The predicted octanol–water partition coefficient (Wildman–Crippen LogP) is 0.726. The van der Waals surface area contributed by atoms with Gasteiger partial charge in [0, 0.05) is 19.3 Å². The molecule has 0 amide bonds. The summed E-state index contributed by atoms with van der Waals surface area (Å²) in [5, 5.41) is 3.09. The van der Waals surface area contributed by atoms with Gasteiger partial charge in [-0.05, 0) is 46.1 Å². The van der Waals surface area contributed by atoms with Crippen molar-refractivity contribution in [2.45, 2.75) is 25.4 Å². The Balaban J connectivity index is 2.03. The van der Waals surface area contributed by atoms with E-state index in [1.807, 2.05) is 19.3 Å². The zero-order chi connectivity index (χ0) is 13.0. The van der Waals surface area contributed by atoms with Crippen molar-refractivity contribution in [3.63, 3.8) is 0 Å². The Morgan fingerprint density at radius 1 is 1.44 bits per heavy atom. The number of hydrogen-bond acceptors (Lipinski definition) is 5. The molecule has 18 heavy (non-hydrogen) atoms. The van der Waals surface area contributed by atoms with Gasteiger partial charge in [0.05, 0.1) is 6.54 Å². The molecule has 0 spiro atoms. The molecule has 1 fully saturated rings. The third kappa shape index (κ3) is 3.17. The maximum Gasteiger partial charge on any atom is 0.144 e. The number of anilines is 1. The van der Waals surface area contributed by atoms with Gasteiger partial charge >= 0.3 is 0 Å². The molecule has 0 radical (unpaired) electrons. The van der Waals surface area contributed by atoms with Gasteiger partial charge < -0.3 is 15.1 Å². The second kappa shape index (κ2) is 6.11. The van der Waals surface area contributed by atoms with Gasteiger partial charge in [-0.1, -0.05) is 0 Å². The van der Waals surface area contributed by atoms with Crippen LogP contribution in [0.1, 0.15) is 18.7 Å². The topological polar surface area (TPSA) is 44.3 Å². The van der Waals surface area contributed by atoms with Crippen molar-refractivity contribution in [1.29, 1.82) is 0 Å². The molecule has 1 N–H and O–H groups in total. The van der Waals surface area contributed by atoms with E-state index in [0.717, 1.165) is 18.2 Å². The van der Waals surface area contributed by atoms with E-state index in [1.165, 1.54) is 25.9 Å². The Kier molecular flexibility index (Phi) is 4.49. The molecule has 2 heterocycles. The lowest BCUT2D eigenvalue weighted by molar-refractivity contribution is 0.252. The van der Waals surface area contributed by atoms with Crippen LogP contribution in [0.15, 0.2) is 12.3 Å². The molecule has 0 unspecified atom stereocenters. The van der Waals surface area contributed by atoms with E-state index in [-0.39, 0.29) is 0 Å². The number of rotatable bonds is 4. The predicted molar refractivity (Wildman–Crippen MR) is 73.7 cm³/mol. The van der Waals surface area contributed by atoms with E-state index >= 15 is 0 Å². The fourth-order valence-corrected chi connectivity index (χ4v) is 2.40. The molecular weight excluding hydrogens is 226 g/mol. The van der Waals surface area contributed by atoms with Crippen LogP contribution in [0.25, 0.3) is 0 Å². The molecular formula is C13H23N5. The Hall–Kier alpha value is -1.20. The van der Waals surface area contributed by atoms with Crippen molar-refractivity contribution in [2.24, 2.45) is 0 Å². The highest BCUT2D eigenvalue weighted by molar-refractivity contribution is 5.37. The molecule has 5 nitrogen and oxygen atoms in total. The van der Waals surface area contributed by atoms with Gasteiger partial charge in [0.25, 0.3) is 0 Å². The highest BCUT2D eigenvalue weighted by atomic mass is 15.2. The first-order valence-corrected chi connectivity index (χ1v) is 6.58. The molecule has 100 valence electrons. The molecule has 2 rings (SSSR count). The molecule has 1 aromatic rings. The number of piperidine rings is 1. The average molecular weight is 249 g/mol. The number of nitrogens with zero attached hydrogens (tertiary/aromatic N) is 4. The molecule has 1 aromatic heterocycles. The first-order valence-electron chi connectivity index (χ1n) is 6.58. The summed E-state index contributed by atoms with van der Waals surface area (Å²) in [6.45, 7) is 3.06. The van der Waals surface area contributed by atoms with E-state index in [0.29, 0.717) is 6.04 Å². The summed E-state index contributed by atoms with van der Waals surface area (Å²) in [6, 6.07) is 2.59. The Morgan fingerprint density at radius 3 is 2.83 bits per heavy atom. The van der Waals surface area contributed by atoms with Crippen molar-refractivity contribution in [3.05, 3.63) is 18.1 Å². The number of aromatic nitrogens is 2. The molecule has 1 aliphatic heterocycles. The Labute approximate surface area is 109 Å². The Morgan fingerprint density at radius 2 is 2.17 bits per heavy atom. The third-order valence-electron chi connectivity index (χ3n) is 3.62. The van der Waals surface area contributed by atoms with Gasteiger partial charge in [-0.15, -0.1) is 0 Å². The van der Waals surface area contributed by atoms with E-state index in [4.69, 9.17) is 0 Å². The van der Waals surface area contributed by atoms with Crippen molar-refractivity contribution in [1.82, 2.24) is 20.2 Å². The van der Waals surface area contributed by atoms with E-state index in [2.05, 4.69) is 39.2 Å². The lowest BCUT2D eigenvalue weighted by Crippen LogP contribution is -2.42. The summed E-state index contributed by atoms with van der Waals surface area (Å²) in [6.07, 6.45) is 4.26. The van der Waals surface area contributed by atoms with E-state index < -0.39 is 0 Å². The van der Waals surface area contributed by atoms with Crippen molar-refractivity contribution >= 4 is 5.82 Å². The molecule has 1 saturated heterocycles. The fraction of sp³-hybridized carbons (Fsp3) is 0.692. The molecule has 0 saturated carbocycles. The largest absolute Gasteiger partial charge is 0.356 e. The highest BCUT2D eigenvalue weighted by Gasteiger charge is 2.21. The number of likely N-dealkylation sites (tertiary alicyclic amines) is 1. The van der Waals surface area contributed by atoms with Crippen LogP contribution in [0.3, 0.4) is 0 Å². The molecule has 0 bridgehead atoms. The number of nitrogens with one attached hydrogen (secondary N) is 1.